The Balaban J connectivity index is 1.43. The van der Waals surface area contributed by atoms with E-state index in [2.05, 4.69) is 21.6 Å². The van der Waals surface area contributed by atoms with Gasteiger partial charge in [-0.2, -0.15) is 0 Å². The second-order valence-corrected chi connectivity index (χ2v) is 7.41. The standard InChI is InChI=1S/C17H31N3O/c1-15-5-4-10-20(13-15)17(21)19-11-6-16(7-12-19)14-18-8-2-3-9-18/h15-16H,2-14H2,1H3. The molecule has 0 N–H and O–H groups in total. The number of carbonyl (C=O) groups is 1. The van der Waals surface area contributed by atoms with Crippen LogP contribution in [0.1, 0.15) is 45.4 Å². The van der Waals surface area contributed by atoms with E-state index in [9.17, 15) is 4.79 Å². The fourth-order valence-corrected chi connectivity index (χ4v) is 4.20. The number of piperidine rings is 2. The summed E-state index contributed by atoms with van der Waals surface area (Å²) in [6, 6.07) is 0.307. The lowest BCUT2D eigenvalue weighted by Gasteiger charge is -2.39. The van der Waals surface area contributed by atoms with E-state index in [1.54, 1.807) is 0 Å². The van der Waals surface area contributed by atoms with Crippen molar-refractivity contribution in [2.75, 3.05) is 45.8 Å². The summed E-state index contributed by atoms with van der Waals surface area (Å²) in [5.74, 6) is 1.49. The Morgan fingerprint density at radius 3 is 2.29 bits per heavy atom. The van der Waals surface area contributed by atoms with Crippen LogP contribution in [0.25, 0.3) is 0 Å². The largest absolute Gasteiger partial charge is 0.325 e. The quantitative estimate of drug-likeness (QED) is 0.782. The Hall–Kier alpha value is -0.770. The molecule has 0 radical (unpaired) electrons. The fourth-order valence-electron chi connectivity index (χ4n) is 4.20. The number of hydrogen-bond donors (Lipinski definition) is 0. The van der Waals surface area contributed by atoms with Crippen molar-refractivity contribution in [3.05, 3.63) is 0 Å². The third kappa shape index (κ3) is 3.91. The first-order chi connectivity index (χ1) is 10.2. The average Bonchev–Trinajstić information content (AvgIpc) is 3.00. The van der Waals surface area contributed by atoms with Gasteiger partial charge in [0.25, 0.3) is 0 Å². The first kappa shape index (κ1) is 15.1. The Morgan fingerprint density at radius 2 is 1.62 bits per heavy atom. The monoisotopic (exact) mass is 293 g/mol. The van der Waals surface area contributed by atoms with Gasteiger partial charge in [0.15, 0.2) is 0 Å². The van der Waals surface area contributed by atoms with Crippen LogP contribution < -0.4 is 0 Å². The minimum atomic E-state index is 0.307. The van der Waals surface area contributed by atoms with Gasteiger partial charge in [0.05, 0.1) is 0 Å². The van der Waals surface area contributed by atoms with E-state index in [-0.39, 0.29) is 0 Å². The molecule has 0 saturated carbocycles. The van der Waals surface area contributed by atoms with Crippen LogP contribution in [0.3, 0.4) is 0 Å². The molecule has 0 bridgehead atoms. The number of carbonyl (C=O) groups excluding carboxylic acids is 1. The Bertz CT molecular complexity index is 346. The predicted octanol–water partition coefficient (Wildman–Crippen LogP) is 2.65. The van der Waals surface area contributed by atoms with Crippen LogP contribution in [0.5, 0.6) is 0 Å². The van der Waals surface area contributed by atoms with Crippen LogP contribution in [0.2, 0.25) is 0 Å². The number of hydrogen-bond acceptors (Lipinski definition) is 2. The highest BCUT2D eigenvalue weighted by Crippen LogP contribution is 2.23. The molecule has 2 amide bonds. The van der Waals surface area contributed by atoms with Crippen molar-refractivity contribution in [3.8, 4) is 0 Å². The van der Waals surface area contributed by atoms with Crippen molar-refractivity contribution in [2.45, 2.75) is 45.4 Å². The van der Waals surface area contributed by atoms with Gasteiger partial charge in [-0.15, -0.1) is 0 Å². The molecule has 120 valence electrons. The lowest BCUT2D eigenvalue weighted by molar-refractivity contribution is 0.109. The van der Waals surface area contributed by atoms with Gasteiger partial charge in [-0.25, -0.2) is 4.79 Å². The summed E-state index contributed by atoms with van der Waals surface area (Å²) in [7, 11) is 0. The van der Waals surface area contributed by atoms with Crippen LogP contribution in [-0.2, 0) is 0 Å². The van der Waals surface area contributed by atoms with Gasteiger partial charge in [0, 0.05) is 32.7 Å². The molecule has 3 fully saturated rings. The summed E-state index contributed by atoms with van der Waals surface area (Å²) in [5, 5.41) is 0. The molecule has 3 saturated heterocycles. The topological polar surface area (TPSA) is 26.8 Å². The van der Waals surface area contributed by atoms with Crippen molar-refractivity contribution in [1.82, 2.24) is 14.7 Å². The SMILES string of the molecule is CC1CCCN(C(=O)N2CCC(CN3CCCC3)CC2)C1. The summed E-state index contributed by atoms with van der Waals surface area (Å²) < 4.78 is 0. The molecule has 4 heteroatoms. The van der Waals surface area contributed by atoms with E-state index in [1.165, 1.54) is 58.2 Å². The molecule has 3 aliphatic rings. The van der Waals surface area contributed by atoms with Gasteiger partial charge in [-0.05, 0) is 63.5 Å². The molecule has 1 unspecified atom stereocenters. The smallest absolute Gasteiger partial charge is 0.320 e. The summed E-state index contributed by atoms with van der Waals surface area (Å²) in [6.07, 6.45) is 7.62. The normalized spacial score (nSPS) is 29.1. The first-order valence-corrected chi connectivity index (χ1v) is 8.98. The third-order valence-corrected chi connectivity index (χ3v) is 5.53. The number of amides is 2. The molecular weight excluding hydrogens is 262 g/mol. The van der Waals surface area contributed by atoms with E-state index in [0.29, 0.717) is 11.9 Å². The van der Waals surface area contributed by atoms with Gasteiger partial charge < -0.3 is 14.7 Å². The molecule has 21 heavy (non-hydrogen) atoms. The van der Waals surface area contributed by atoms with E-state index in [4.69, 9.17) is 0 Å². The highest BCUT2D eigenvalue weighted by atomic mass is 16.2. The zero-order valence-corrected chi connectivity index (χ0v) is 13.6. The maximum Gasteiger partial charge on any atom is 0.320 e. The van der Waals surface area contributed by atoms with Crippen LogP contribution in [0.15, 0.2) is 0 Å². The van der Waals surface area contributed by atoms with E-state index >= 15 is 0 Å². The molecule has 4 nitrogen and oxygen atoms in total. The van der Waals surface area contributed by atoms with Gasteiger partial charge in [0.1, 0.15) is 0 Å². The second-order valence-electron chi connectivity index (χ2n) is 7.41. The molecule has 0 aromatic rings. The van der Waals surface area contributed by atoms with Crippen molar-refractivity contribution >= 4 is 6.03 Å². The number of urea groups is 1. The van der Waals surface area contributed by atoms with Crippen LogP contribution >= 0.6 is 0 Å². The summed E-state index contributed by atoms with van der Waals surface area (Å²) in [5.41, 5.74) is 0. The minimum Gasteiger partial charge on any atom is -0.325 e. The first-order valence-electron chi connectivity index (χ1n) is 8.98. The van der Waals surface area contributed by atoms with Crippen LogP contribution in [0, 0.1) is 11.8 Å². The van der Waals surface area contributed by atoms with Crippen LogP contribution in [0.4, 0.5) is 4.79 Å². The third-order valence-electron chi connectivity index (χ3n) is 5.53. The van der Waals surface area contributed by atoms with E-state index < -0.39 is 0 Å². The van der Waals surface area contributed by atoms with E-state index in [1.807, 2.05) is 0 Å². The zero-order valence-electron chi connectivity index (χ0n) is 13.6. The number of nitrogens with zero attached hydrogens (tertiary/aromatic N) is 3. The molecule has 0 aromatic carbocycles. The van der Waals surface area contributed by atoms with Crippen molar-refractivity contribution < 1.29 is 4.79 Å². The lowest BCUT2D eigenvalue weighted by atomic mass is 9.96. The maximum absolute atomic E-state index is 12.6. The second kappa shape index (κ2) is 6.99. The predicted molar refractivity (Wildman–Crippen MR) is 85.3 cm³/mol. The Labute approximate surface area is 129 Å². The minimum absolute atomic E-state index is 0.307. The van der Waals surface area contributed by atoms with Crippen molar-refractivity contribution in [3.63, 3.8) is 0 Å². The van der Waals surface area contributed by atoms with Crippen LogP contribution in [-0.4, -0.2) is 66.5 Å². The zero-order chi connectivity index (χ0) is 14.7. The molecular formula is C17H31N3O. The fraction of sp³-hybridized carbons (Fsp3) is 0.941. The van der Waals surface area contributed by atoms with Gasteiger partial charge >= 0.3 is 6.03 Å². The van der Waals surface area contributed by atoms with Gasteiger partial charge in [0.2, 0.25) is 0 Å². The molecule has 0 spiro atoms. The number of rotatable bonds is 2. The van der Waals surface area contributed by atoms with Crippen molar-refractivity contribution in [2.24, 2.45) is 11.8 Å². The highest BCUT2D eigenvalue weighted by Gasteiger charge is 2.29. The molecule has 3 aliphatic heterocycles. The average molecular weight is 293 g/mol. The molecule has 1 atom stereocenters. The maximum atomic E-state index is 12.6. The van der Waals surface area contributed by atoms with Gasteiger partial charge in [-0.1, -0.05) is 6.92 Å². The highest BCUT2D eigenvalue weighted by molar-refractivity contribution is 5.74. The molecule has 0 aliphatic carbocycles. The Morgan fingerprint density at radius 1 is 0.905 bits per heavy atom. The molecule has 0 aromatic heterocycles. The van der Waals surface area contributed by atoms with Crippen molar-refractivity contribution in [1.29, 1.82) is 0 Å². The molecule has 3 heterocycles. The number of likely N-dealkylation sites (tertiary alicyclic amines) is 3. The summed E-state index contributed by atoms with van der Waals surface area (Å²) in [6.45, 7) is 10.0. The molecule has 3 rings (SSSR count). The lowest BCUT2D eigenvalue weighted by Crippen LogP contribution is -2.50. The Kier molecular flexibility index (Phi) is 5.04. The summed E-state index contributed by atoms with van der Waals surface area (Å²) in [4.78, 5) is 19.4. The van der Waals surface area contributed by atoms with Gasteiger partial charge in [-0.3, -0.25) is 0 Å². The summed E-state index contributed by atoms with van der Waals surface area (Å²) >= 11 is 0. The van der Waals surface area contributed by atoms with E-state index in [0.717, 1.165) is 32.1 Å².